The number of thioether (sulfide) groups is 1. The van der Waals surface area contributed by atoms with Crippen LogP contribution in [0.4, 0.5) is 0 Å². The number of pyridine rings is 1. The fraction of sp³-hybridized carbons (Fsp3) is 0.500. The van der Waals surface area contributed by atoms with Crippen molar-refractivity contribution in [2.75, 3.05) is 18.8 Å². The van der Waals surface area contributed by atoms with Crippen molar-refractivity contribution in [1.82, 2.24) is 9.88 Å². The summed E-state index contributed by atoms with van der Waals surface area (Å²) in [7, 11) is 0. The molecule has 0 N–H and O–H groups in total. The van der Waals surface area contributed by atoms with Crippen LogP contribution in [0.5, 0.6) is 0 Å². The molecule has 1 saturated heterocycles. The van der Waals surface area contributed by atoms with E-state index in [4.69, 9.17) is 0 Å². The predicted octanol–water partition coefficient (Wildman–Crippen LogP) is 2.99. The molecule has 2 aliphatic rings. The quantitative estimate of drug-likeness (QED) is 0.633. The maximum absolute atomic E-state index is 12.3. The topological polar surface area (TPSA) is 33.2 Å². The minimum absolute atomic E-state index is 0.277. The second-order valence-electron chi connectivity index (χ2n) is 5.78. The summed E-state index contributed by atoms with van der Waals surface area (Å²) in [4.78, 5) is 19.5. The highest BCUT2D eigenvalue weighted by Gasteiger charge is 2.35. The van der Waals surface area contributed by atoms with Crippen molar-refractivity contribution in [2.45, 2.75) is 24.7 Å². The highest BCUT2D eigenvalue weighted by Crippen LogP contribution is 2.35. The highest BCUT2D eigenvalue weighted by molar-refractivity contribution is 8.00. The Morgan fingerprint density at radius 3 is 2.90 bits per heavy atom. The van der Waals surface area contributed by atoms with Crippen molar-refractivity contribution in [2.24, 2.45) is 11.8 Å². The van der Waals surface area contributed by atoms with E-state index in [1.165, 1.54) is 12.0 Å². The number of fused-ring (bicyclic) bond motifs is 1. The Hall–Kier alpha value is -1.29. The number of rotatable bonds is 3. The summed E-state index contributed by atoms with van der Waals surface area (Å²) in [6.45, 7) is 4.11. The van der Waals surface area contributed by atoms with Gasteiger partial charge >= 0.3 is 0 Å². The van der Waals surface area contributed by atoms with E-state index >= 15 is 0 Å². The molecule has 1 aliphatic carbocycles. The Bertz CT molecular complexity index is 514. The van der Waals surface area contributed by atoms with Crippen LogP contribution in [0.1, 0.15) is 19.8 Å². The first-order chi connectivity index (χ1) is 9.72. The smallest absolute Gasteiger partial charge is 0.232 e. The number of hydrogen-bond donors (Lipinski definition) is 0. The third-order valence-electron chi connectivity index (χ3n) is 4.29. The number of carbonyl (C=O) groups is 1. The second-order valence-corrected chi connectivity index (χ2v) is 6.83. The summed E-state index contributed by atoms with van der Waals surface area (Å²) in [5.41, 5.74) is 1.49. The van der Waals surface area contributed by atoms with E-state index in [1.807, 2.05) is 12.1 Å². The molecule has 1 aromatic heterocycles. The lowest BCUT2D eigenvalue weighted by Gasteiger charge is -2.21. The van der Waals surface area contributed by atoms with Crippen LogP contribution < -0.4 is 0 Å². The third kappa shape index (κ3) is 3.06. The number of hydrogen-bond acceptors (Lipinski definition) is 3. The van der Waals surface area contributed by atoms with Crippen molar-refractivity contribution < 1.29 is 4.79 Å². The van der Waals surface area contributed by atoms with Gasteiger partial charge in [-0.05, 0) is 43.7 Å². The molecule has 106 valence electrons. The summed E-state index contributed by atoms with van der Waals surface area (Å²) in [6.07, 6.45) is 8.21. The summed E-state index contributed by atoms with van der Waals surface area (Å²) in [5.74, 6) is 2.19. The first-order valence-corrected chi connectivity index (χ1v) is 8.17. The van der Waals surface area contributed by atoms with E-state index in [1.54, 1.807) is 24.2 Å². The molecule has 4 heteroatoms. The molecule has 1 aliphatic heterocycles. The van der Waals surface area contributed by atoms with E-state index < -0.39 is 0 Å². The Kier molecular flexibility index (Phi) is 4.10. The van der Waals surface area contributed by atoms with Gasteiger partial charge in [0.2, 0.25) is 5.91 Å². The molecule has 0 bridgehead atoms. The van der Waals surface area contributed by atoms with Crippen LogP contribution in [0.15, 0.2) is 41.1 Å². The molecule has 3 rings (SSSR count). The molecule has 1 fully saturated rings. The Morgan fingerprint density at radius 2 is 2.10 bits per heavy atom. The van der Waals surface area contributed by atoms with Crippen molar-refractivity contribution >= 4 is 17.7 Å². The van der Waals surface area contributed by atoms with E-state index in [-0.39, 0.29) is 5.91 Å². The van der Waals surface area contributed by atoms with Crippen LogP contribution in [0, 0.1) is 11.8 Å². The van der Waals surface area contributed by atoms with Gasteiger partial charge in [0, 0.05) is 30.4 Å². The van der Waals surface area contributed by atoms with Gasteiger partial charge in [-0.25, -0.2) is 0 Å². The number of nitrogens with zero attached hydrogens (tertiary/aromatic N) is 2. The predicted molar refractivity (Wildman–Crippen MR) is 81.5 cm³/mol. The lowest BCUT2D eigenvalue weighted by molar-refractivity contribution is -0.127. The molecule has 1 amide bonds. The Balaban J connectivity index is 1.52. The molecule has 2 atom stereocenters. The van der Waals surface area contributed by atoms with Crippen molar-refractivity contribution in [1.29, 1.82) is 0 Å². The molecule has 2 heterocycles. The molecule has 0 spiro atoms. The SMILES string of the molecule is CC1=CC[C@@H]2CN(C(=O)CSc3ccncc3)C[C@@H]2C1. The molecule has 0 radical (unpaired) electrons. The van der Waals surface area contributed by atoms with Crippen LogP contribution in [0.25, 0.3) is 0 Å². The van der Waals surface area contributed by atoms with Crippen molar-refractivity contribution in [3.05, 3.63) is 36.2 Å². The van der Waals surface area contributed by atoms with Gasteiger partial charge in [-0.3, -0.25) is 9.78 Å². The summed E-state index contributed by atoms with van der Waals surface area (Å²) < 4.78 is 0. The fourth-order valence-corrected chi connectivity index (χ4v) is 3.95. The van der Waals surface area contributed by atoms with Gasteiger partial charge in [0.1, 0.15) is 0 Å². The standard InChI is InChI=1S/C16H20N2OS/c1-12-2-3-13-9-18(10-14(13)8-12)16(19)11-20-15-4-6-17-7-5-15/h2,4-7,13-14H,3,8-11H2,1H3/t13-,14+/m1/s1. The maximum atomic E-state index is 12.3. The van der Waals surface area contributed by atoms with Gasteiger partial charge in [-0.15, -0.1) is 11.8 Å². The lowest BCUT2D eigenvalue weighted by Crippen LogP contribution is -2.30. The van der Waals surface area contributed by atoms with E-state index in [0.29, 0.717) is 17.6 Å². The monoisotopic (exact) mass is 288 g/mol. The van der Waals surface area contributed by atoms with E-state index in [9.17, 15) is 4.79 Å². The third-order valence-corrected chi connectivity index (χ3v) is 5.29. The first-order valence-electron chi connectivity index (χ1n) is 7.18. The van der Waals surface area contributed by atoms with Crippen LogP contribution >= 0.6 is 11.8 Å². The summed E-state index contributed by atoms with van der Waals surface area (Å²) in [6, 6.07) is 3.91. The molecule has 0 unspecified atom stereocenters. The van der Waals surface area contributed by atoms with Crippen LogP contribution in [-0.4, -0.2) is 34.6 Å². The molecule has 0 saturated carbocycles. The molecule has 20 heavy (non-hydrogen) atoms. The van der Waals surface area contributed by atoms with Crippen LogP contribution in [-0.2, 0) is 4.79 Å². The van der Waals surface area contributed by atoms with Gasteiger partial charge in [-0.2, -0.15) is 0 Å². The minimum Gasteiger partial charge on any atom is -0.341 e. The second kappa shape index (κ2) is 6.00. The Labute approximate surface area is 124 Å². The number of allylic oxidation sites excluding steroid dienone is 2. The molecule has 1 aromatic rings. The van der Waals surface area contributed by atoms with E-state index in [2.05, 4.69) is 22.9 Å². The number of carbonyl (C=O) groups excluding carboxylic acids is 1. The van der Waals surface area contributed by atoms with Gasteiger partial charge in [0.15, 0.2) is 0 Å². The summed E-state index contributed by atoms with van der Waals surface area (Å²) in [5, 5.41) is 0. The molecule has 3 nitrogen and oxygen atoms in total. The number of likely N-dealkylation sites (tertiary alicyclic amines) is 1. The average molecular weight is 288 g/mol. The van der Waals surface area contributed by atoms with Crippen molar-refractivity contribution in [3.8, 4) is 0 Å². The zero-order chi connectivity index (χ0) is 13.9. The average Bonchev–Trinajstić information content (AvgIpc) is 2.89. The van der Waals surface area contributed by atoms with Crippen molar-refractivity contribution in [3.63, 3.8) is 0 Å². The fourth-order valence-electron chi connectivity index (χ4n) is 3.16. The number of aromatic nitrogens is 1. The van der Waals surface area contributed by atoms with Crippen LogP contribution in [0.2, 0.25) is 0 Å². The first kappa shape index (κ1) is 13.7. The maximum Gasteiger partial charge on any atom is 0.232 e. The van der Waals surface area contributed by atoms with Gasteiger partial charge < -0.3 is 4.90 Å². The van der Waals surface area contributed by atoms with Crippen LogP contribution in [0.3, 0.4) is 0 Å². The van der Waals surface area contributed by atoms with Gasteiger partial charge in [-0.1, -0.05) is 11.6 Å². The van der Waals surface area contributed by atoms with E-state index in [0.717, 1.165) is 24.4 Å². The zero-order valence-electron chi connectivity index (χ0n) is 11.8. The molecular weight excluding hydrogens is 268 g/mol. The molecular formula is C16H20N2OS. The molecule has 0 aromatic carbocycles. The Morgan fingerprint density at radius 1 is 1.35 bits per heavy atom. The van der Waals surface area contributed by atoms with Gasteiger partial charge in [0.05, 0.1) is 5.75 Å². The normalized spacial score (nSPS) is 25.2. The van der Waals surface area contributed by atoms with Gasteiger partial charge in [0.25, 0.3) is 0 Å². The zero-order valence-corrected chi connectivity index (χ0v) is 12.6. The largest absolute Gasteiger partial charge is 0.341 e. The summed E-state index contributed by atoms with van der Waals surface area (Å²) >= 11 is 1.60. The highest BCUT2D eigenvalue weighted by atomic mass is 32.2. The number of amides is 1. The minimum atomic E-state index is 0.277. The lowest BCUT2D eigenvalue weighted by atomic mass is 9.83.